The van der Waals surface area contributed by atoms with Gasteiger partial charge in [-0.1, -0.05) is 12.1 Å². The quantitative estimate of drug-likeness (QED) is 0.830. The first-order valence-electron chi connectivity index (χ1n) is 6.99. The van der Waals surface area contributed by atoms with Crippen LogP contribution in [0.5, 0.6) is 5.75 Å². The largest absolute Gasteiger partial charge is 0.508 e. The van der Waals surface area contributed by atoms with E-state index in [-0.39, 0.29) is 18.3 Å². The highest BCUT2D eigenvalue weighted by Crippen LogP contribution is 2.44. The molecule has 1 aromatic carbocycles. The van der Waals surface area contributed by atoms with Gasteiger partial charge in [0.25, 0.3) is 0 Å². The standard InChI is InChI=1S/C15H21BO3/c1-14(2)15(3,4)19-16(18-14)11-6-5-7-12(17)13(11)10-8-9-10/h5-7,10,17H,8-9H2,1-4H3. The van der Waals surface area contributed by atoms with Gasteiger partial charge in [-0.15, -0.1) is 0 Å². The van der Waals surface area contributed by atoms with Crippen molar-refractivity contribution in [2.75, 3.05) is 0 Å². The molecule has 1 saturated carbocycles. The van der Waals surface area contributed by atoms with Gasteiger partial charge in [0.15, 0.2) is 0 Å². The van der Waals surface area contributed by atoms with Crippen LogP contribution in [-0.4, -0.2) is 23.4 Å². The predicted octanol–water partition coefficient (Wildman–Crippen LogP) is 2.57. The molecule has 2 fully saturated rings. The predicted molar refractivity (Wildman–Crippen MR) is 75.8 cm³/mol. The van der Waals surface area contributed by atoms with Crippen LogP contribution in [0.3, 0.4) is 0 Å². The average Bonchev–Trinajstić information content (AvgIpc) is 3.07. The third kappa shape index (κ3) is 2.07. The van der Waals surface area contributed by atoms with E-state index in [2.05, 4.69) is 0 Å². The molecule has 1 aliphatic carbocycles. The summed E-state index contributed by atoms with van der Waals surface area (Å²) in [7, 11) is -0.382. The summed E-state index contributed by atoms with van der Waals surface area (Å²) in [5.41, 5.74) is 1.32. The fourth-order valence-corrected chi connectivity index (χ4v) is 2.56. The van der Waals surface area contributed by atoms with Crippen LogP contribution in [-0.2, 0) is 9.31 Å². The maximum Gasteiger partial charge on any atom is 0.495 e. The minimum atomic E-state index is -0.382. The number of rotatable bonds is 2. The first-order chi connectivity index (χ1) is 8.82. The molecular weight excluding hydrogens is 239 g/mol. The second-order valence-corrected chi connectivity index (χ2v) is 6.64. The topological polar surface area (TPSA) is 38.7 Å². The lowest BCUT2D eigenvalue weighted by molar-refractivity contribution is 0.00578. The Morgan fingerprint density at radius 3 is 2.21 bits per heavy atom. The third-order valence-electron chi connectivity index (χ3n) is 4.61. The average molecular weight is 260 g/mol. The van der Waals surface area contributed by atoms with Crippen LogP contribution in [0.25, 0.3) is 0 Å². The van der Waals surface area contributed by atoms with Crippen LogP contribution < -0.4 is 5.46 Å². The summed E-state index contributed by atoms with van der Waals surface area (Å²) >= 11 is 0. The number of phenolic OH excluding ortho intramolecular Hbond substituents is 1. The molecule has 0 spiro atoms. The van der Waals surface area contributed by atoms with Crippen molar-refractivity contribution in [1.82, 2.24) is 0 Å². The molecule has 2 aliphatic rings. The molecule has 1 saturated heterocycles. The van der Waals surface area contributed by atoms with Gasteiger partial charge in [-0.05, 0) is 63.5 Å². The molecule has 0 bridgehead atoms. The molecule has 0 unspecified atom stereocenters. The molecule has 19 heavy (non-hydrogen) atoms. The van der Waals surface area contributed by atoms with E-state index in [1.807, 2.05) is 39.8 Å². The molecule has 0 amide bonds. The Hall–Kier alpha value is -0.995. The van der Waals surface area contributed by atoms with E-state index in [0.29, 0.717) is 11.7 Å². The van der Waals surface area contributed by atoms with Crippen molar-refractivity contribution >= 4 is 12.6 Å². The summed E-state index contributed by atoms with van der Waals surface area (Å²) in [6.07, 6.45) is 2.29. The van der Waals surface area contributed by atoms with E-state index in [0.717, 1.165) is 23.9 Å². The Bertz CT molecular complexity index is 490. The van der Waals surface area contributed by atoms with Crippen molar-refractivity contribution in [2.45, 2.75) is 57.7 Å². The summed E-state index contributed by atoms with van der Waals surface area (Å²) < 4.78 is 12.2. The molecule has 4 heteroatoms. The minimum Gasteiger partial charge on any atom is -0.508 e. The van der Waals surface area contributed by atoms with E-state index in [9.17, 15) is 5.11 Å². The summed E-state index contributed by atoms with van der Waals surface area (Å²) in [5, 5.41) is 10.1. The fourth-order valence-electron chi connectivity index (χ4n) is 2.56. The first-order valence-corrected chi connectivity index (χ1v) is 6.99. The zero-order chi connectivity index (χ0) is 13.8. The number of hydrogen-bond acceptors (Lipinski definition) is 3. The monoisotopic (exact) mass is 260 g/mol. The highest BCUT2D eigenvalue weighted by molar-refractivity contribution is 6.62. The molecule has 1 N–H and O–H groups in total. The van der Waals surface area contributed by atoms with Gasteiger partial charge in [0.2, 0.25) is 0 Å². The molecule has 102 valence electrons. The molecule has 1 heterocycles. The van der Waals surface area contributed by atoms with E-state index in [1.165, 1.54) is 0 Å². The van der Waals surface area contributed by atoms with E-state index in [1.54, 1.807) is 6.07 Å². The van der Waals surface area contributed by atoms with Crippen LogP contribution in [0.15, 0.2) is 18.2 Å². The van der Waals surface area contributed by atoms with Gasteiger partial charge < -0.3 is 14.4 Å². The molecule has 0 aromatic heterocycles. The van der Waals surface area contributed by atoms with Gasteiger partial charge in [-0.3, -0.25) is 0 Å². The lowest BCUT2D eigenvalue weighted by Crippen LogP contribution is -2.41. The van der Waals surface area contributed by atoms with Crippen molar-refractivity contribution < 1.29 is 14.4 Å². The molecule has 1 aromatic rings. The van der Waals surface area contributed by atoms with E-state index in [4.69, 9.17) is 9.31 Å². The lowest BCUT2D eigenvalue weighted by atomic mass is 9.74. The summed E-state index contributed by atoms with van der Waals surface area (Å²) in [6.45, 7) is 8.19. The Morgan fingerprint density at radius 1 is 1.11 bits per heavy atom. The minimum absolute atomic E-state index is 0.343. The number of aromatic hydroxyl groups is 1. The first kappa shape index (κ1) is 13.0. The number of phenols is 1. The van der Waals surface area contributed by atoms with Gasteiger partial charge in [0.05, 0.1) is 11.2 Å². The third-order valence-corrected chi connectivity index (χ3v) is 4.61. The number of benzene rings is 1. The van der Waals surface area contributed by atoms with Gasteiger partial charge in [0.1, 0.15) is 5.75 Å². The normalized spacial score (nSPS) is 24.7. The Morgan fingerprint density at radius 2 is 1.68 bits per heavy atom. The number of hydrogen-bond donors (Lipinski definition) is 1. The second-order valence-electron chi connectivity index (χ2n) is 6.64. The van der Waals surface area contributed by atoms with Gasteiger partial charge in [0, 0.05) is 0 Å². The van der Waals surface area contributed by atoms with Gasteiger partial charge >= 0.3 is 7.12 Å². The fraction of sp³-hybridized carbons (Fsp3) is 0.600. The molecule has 1 aliphatic heterocycles. The second kappa shape index (κ2) is 4.00. The Balaban J connectivity index is 1.98. The summed E-state index contributed by atoms with van der Waals surface area (Å²) in [6, 6.07) is 5.62. The summed E-state index contributed by atoms with van der Waals surface area (Å²) in [5.74, 6) is 0.838. The SMILES string of the molecule is CC1(C)OB(c2cccc(O)c2C2CC2)OC1(C)C. The van der Waals surface area contributed by atoms with Crippen LogP contribution in [0.1, 0.15) is 52.0 Å². The van der Waals surface area contributed by atoms with Crippen molar-refractivity contribution in [3.8, 4) is 5.75 Å². The highest BCUT2D eigenvalue weighted by atomic mass is 16.7. The van der Waals surface area contributed by atoms with Crippen molar-refractivity contribution in [2.24, 2.45) is 0 Å². The van der Waals surface area contributed by atoms with Crippen molar-refractivity contribution in [3.63, 3.8) is 0 Å². The van der Waals surface area contributed by atoms with Crippen molar-refractivity contribution in [1.29, 1.82) is 0 Å². The zero-order valence-corrected chi connectivity index (χ0v) is 12.1. The van der Waals surface area contributed by atoms with Crippen LogP contribution in [0.2, 0.25) is 0 Å². The van der Waals surface area contributed by atoms with Crippen LogP contribution >= 0.6 is 0 Å². The van der Waals surface area contributed by atoms with Gasteiger partial charge in [-0.25, -0.2) is 0 Å². The molecule has 0 atom stereocenters. The highest BCUT2D eigenvalue weighted by Gasteiger charge is 2.52. The Labute approximate surface area is 115 Å². The van der Waals surface area contributed by atoms with Crippen molar-refractivity contribution in [3.05, 3.63) is 23.8 Å². The molecule has 3 nitrogen and oxygen atoms in total. The Kier molecular flexibility index (Phi) is 2.74. The molecule has 3 rings (SSSR count). The maximum absolute atomic E-state index is 10.1. The van der Waals surface area contributed by atoms with E-state index < -0.39 is 0 Å². The van der Waals surface area contributed by atoms with Crippen LogP contribution in [0, 0.1) is 0 Å². The lowest BCUT2D eigenvalue weighted by Gasteiger charge is -2.32. The maximum atomic E-state index is 10.1. The smallest absolute Gasteiger partial charge is 0.495 e. The zero-order valence-electron chi connectivity index (χ0n) is 12.1. The van der Waals surface area contributed by atoms with E-state index >= 15 is 0 Å². The van der Waals surface area contributed by atoms with Gasteiger partial charge in [-0.2, -0.15) is 0 Å². The molecular formula is C15H21BO3. The summed E-state index contributed by atoms with van der Waals surface area (Å²) in [4.78, 5) is 0. The molecule has 0 radical (unpaired) electrons. The van der Waals surface area contributed by atoms with Crippen LogP contribution in [0.4, 0.5) is 0 Å².